The minimum absolute atomic E-state index is 0.163. The second kappa shape index (κ2) is 7.21. The molecule has 0 amide bonds. The lowest BCUT2D eigenvalue weighted by atomic mass is 10.0. The molecule has 0 saturated carbocycles. The van der Waals surface area contributed by atoms with Crippen molar-refractivity contribution in [3.8, 4) is 0 Å². The predicted molar refractivity (Wildman–Crippen MR) is 90.6 cm³/mol. The molecule has 3 heteroatoms. The Hall–Kier alpha value is -2.16. The van der Waals surface area contributed by atoms with Crippen molar-refractivity contribution in [2.24, 2.45) is 0 Å². The van der Waals surface area contributed by atoms with E-state index in [4.69, 9.17) is 0 Å². The van der Waals surface area contributed by atoms with Crippen molar-refractivity contribution in [3.05, 3.63) is 66.1 Å². The number of hydrogen-bond donors (Lipinski definition) is 0. The summed E-state index contributed by atoms with van der Waals surface area (Å²) >= 11 is 0. The summed E-state index contributed by atoms with van der Waals surface area (Å²) in [5.41, 5.74) is 2.40. The van der Waals surface area contributed by atoms with Crippen LogP contribution in [0.1, 0.15) is 45.2 Å². The predicted octanol–water partition coefficient (Wildman–Crippen LogP) is 5.57. The molecule has 0 bridgehead atoms. The molecule has 1 heterocycles. The number of rotatable bonds is 2. The van der Waals surface area contributed by atoms with Crippen LogP contribution in [0.25, 0.3) is 10.9 Å². The molecule has 0 radical (unpaired) electrons. The van der Waals surface area contributed by atoms with Gasteiger partial charge in [0, 0.05) is 11.4 Å². The third kappa shape index (κ3) is 3.94. The minimum Gasteiger partial charge on any atom is -0.262 e. The zero-order valence-corrected chi connectivity index (χ0v) is 13.6. The van der Waals surface area contributed by atoms with E-state index in [0.717, 1.165) is 0 Å². The van der Waals surface area contributed by atoms with Gasteiger partial charge in [0.1, 0.15) is 5.82 Å². The van der Waals surface area contributed by atoms with Gasteiger partial charge >= 0.3 is 0 Å². The van der Waals surface area contributed by atoms with Gasteiger partial charge in [0.15, 0.2) is 0 Å². The second-order valence-corrected chi connectivity index (χ2v) is 5.95. The van der Waals surface area contributed by atoms with E-state index in [2.05, 4.69) is 44.9 Å². The fourth-order valence-corrected chi connectivity index (χ4v) is 2.25. The van der Waals surface area contributed by atoms with Gasteiger partial charge in [-0.1, -0.05) is 44.2 Å². The Morgan fingerprint density at radius 3 is 2.14 bits per heavy atom. The summed E-state index contributed by atoms with van der Waals surface area (Å²) < 4.78 is 14.4. The third-order valence-electron chi connectivity index (χ3n) is 3.53. The molecule has 2 nitrogen and oxygen atoms in total. The largest absolute Gasteiger partial charge is 0.262 e. The maximum absolute atomic E-state index is 12.4. The molecule has 0 aliphatic heterocycles. The lowest BCUT2D eigenvalue weighted by Crippen LogP contribution is -2.01. The average molecular weight is 298 g/mol. The van der Waals surface area contributed by atoms with Crippen molar-refractivity contribution < 1.29 is 4.39 Å². The maximum atomic E-state index is 12.4. The highest BCUT2D eigenvalue weighted by Gasteiger charge is 2.03. The van der Waals surface area contributed by atoms with Crippen LogP contribution in [0.2, 0.25) is 0 Å². The summed E-state index contributed by atoms with van der Waals surface area (Å²) in [5, 5.41) is 5.53. The molecule has 0 unspecified atom stereocenters. The van der Waals surface area contributed by atoms with Crippen LogP contribution in [0.15, 0.2) is 54.7 Å². The van der Waals surface area contributed by atoms with Gasteiger partial charge in [-0.05, 0) is 43.5 Å². The molecule has 2 aromatic carbocycles. The molecule has 0 spiro atoms. The van der Waals surface area contributed by atoms with Crippen LogP contribution in [0, 0.1) is 5.82 Å². The molecule has 0 saturated heterocycles. The van der Waals surface area contributed by atoms with Crippen LogP contribution in [0.5, 0.6) is 0 Å². The van der Waals surface area contributed by atoms with Crippen LogP contribution in [-0.2, 0) is 0 Å². The third-order valence-corrected chi connectivity index (χ3v) is 3.53. The van der Waals surface area contributed by atoms with E-state index in [9.17, 15) is 4.39 Å². The molecule has 0 aliphatic rings. The average Bonchev–Trinajstić information content (AvgIpc) is 2.92. The number of halogens is 1. The van der Waals surface area contributed by atoms with Crippen molar-refractivity contribution in [2.45, 2.75) is 39.7 Å². The molecule has 0 aliphatic carbocycles. The van der Waals surface area contributed by atoms with Crippen molar-refractivity contribution >= 4 is 10.9 Å². The standard InChI is InChI=1S/C10H12N2.C9H11F/c1-8(2)12-10-6-4-3-5-9(10)7-11-12;1-7(2)8-3-5-9(10)6-4-8/h3-8H,1-2H3;3-7H,1-2H3. The van der Waals surface area contributed by atoms with Crippen LogP contribution in [-0.4, -0.2) is 9.78 Å². The number of para-hydroxylation sites is 1. The van der Waals surface area contributed by atoms with Gasteiger partial charge in [-0.15, -0.1) is 0 Å². The lowest BCUT2D eigenvalue weighted by molar-refractivity contribution is 0.551. The molecule has 3 rings (SSSR count). The normalized spacial score (nSPS) is 10.9. The molecule has 0 atom stereocenters. The number of fused-ring (bicyclic) bond motifs is 1. The van der Waals surface area contributed by atoms with Gasteiger partial charge in [-0.25, -0.2) is 4.39 Å². The van der Waals surface area contributed by atoms with Crippen molar-refractivity contribution in [1.82, 2.24) is 9.78 Å². The first-order valence-corrected chi connectivity index (χ1v) is 7.66. The van der Waals surface area contributed by atoms with E-state index in [1.165, 1.54) is 28.6 Å². The van der Waals surface area contributed by atoms with Gasteiger partial charge in [0.2, 0.25) is 0 Å². The van der Waals surface area contributed by atoms with Crippen LogP contribution in [0.4, 0.5) is 4.39 Å². The highest BCUT2D eigenvalue weighted by atomic mass is 19.1. The SMILES string of the molecule is CC(C)c1ccc(F)cc1.CC(C)n1ncc2ccccc21. The Morgan fingerprint density at radius 2 is 1.55 bits per heavy atom. The van der Waals surface area contributed by atoms with Crippen LogP contribution in [0.3, 0.4) is 0 Å². The zero-order valence-electron chi connectivity index (χ0n) is 13.6. The Balaban J connectivity index is 0.000000164. The van der Waals surface area contributed by atoms with E-state index in [1.807, 2.05) is 35.1 Å². The van der Waals surface area contributed by atoms with Gasteiger partial charge in [0.25, 0.3) is 0 Å². The summed E-state index contributed by atoms with van der Waals surface area (Å²) in [7, 11) is 0. The summed E-state index contributed by atoms with van der Waals surface area (Å²) in [5.74, 6) is 0.324. The summed E-state index contributed by atoms with van der Waals surface area (Å²) in [4.78, 5) is 0. The van der Waals surface area contributed by atoms with E-state index < -0.39 is 0 Å². The first kappa shape index (κ1) is 16.2. The van der Waals surface area contributed by atoms with Gasteiger partial charge < -0.3 is 0 Å². The minimum atomic E-state index is -0.163. The Kier molecular flexibility index (Phi) is 5.31. The summed E-state index contributed by atoms with van der Waals surface area (Å²) in [6, 6.07) is 15.3. The van der Waals surface area contributed by atoms with Gasteiger partial charge in [-0.2, -0.15) is 5.10 Å². The van der Waals surface area contributed by atoms with Gasteiger partial charge in [0.05, 0.1) is 11.7 Å². The molecule has 3 aromatic rings. The lowest BCUT2D eigenvalue weighted by Gasteiger charge is -2.05. The molecule has 1 aromatic heterocycles. The van der Waals surface area contributed by atoms with E-state index in [0.29, 0.717) is 12.0 Å². The highest BCUT2D eigenvalue weighted by molar-refractivity contribution is 5.78. The van der Waals surface area contributed by atoms with E-state index in [1.54, 1.807) is 0 Å². The zero-order chi connectivity index (χ0) is 16.1. The van der Waals surface area contributed by atoms with E-state index in [-0.39, 0.29) is 5.82 Å². The molecule has 22 heavy (non-hydrogen) atoms. The topological polar surface area (TPSA) is 17.8 Å². The number of benzene rings is 2. The quantitative estimate of drug-likeness (QED) is 0.605. The van der Waals surface area contributed by atoms with Crippen molar-refractivity contribution in [2.75, 3.05) is 0 Å². The Bertz CT molecular complexity index is 712. The highest BCUT2D eigenvalue weighted by Crippen LogP contribution is 2.16. The monoisotopic (exact) mass is 298 g/mol. The van der Waals surface area contributed by atoms with Crippen molar-refractivity contribution in [3.63, 3.8) is 0 Å². The Morgan fingerprint density at radius 1 is 0.909 bits per heavy atom. The second-order valence-electron chi connectivity index (χ2n) is 5.95. The number of aromatic nitrogens is 2. The molecule has 0 N–H and O–H groups in total. The smallest absolute Gasteiger partial charge is 0.123 e. The molecular formula is C19H23FN2. The molecule has 0 fully saturated rings. The van der Waals surface area contributed by atoms with Crippen molar-refractivity contribution in [1.29, 1.82) is 0 Å². The fraction of sp³-hybridized carbons (Fsp3) is 0.316. The first-order valence-electron chi connectivity index (χ1n) is 7.66. The van der Waals surface area contributed by atoms with Crippen LogP contribution < -0.4 is 0 Å². The van der Waals surface area contributed by atoms with Gasteiger partial charge in [-0.3, -0.25) is 4.68 Å². The molecular weight excluding hydrogens is 275 g/mol. The number of nitrogens with zero attached hydrogens (tertiary/aromatic N) is 2. The van der Waals surface area contributed by atoms with Crippen LogP contribution >= 0.6 is 0 Å². The Labute approximate surface area is 131 Å². The first-order chi connectivity index (χ1) is 10.5. The molecule has 116 valence electrons. The fourth-order valence-electron chi connectivity index (χ4n) is 2.25. The summed E-state index contributed by atoms with van der Waals surface area (Å²) in [6.07, 6.45) is 1.91. The maximum Gasteiger partial charge on any atom is 0.123 e. The summed E-state index contributed by atoms with van der Waals surface area (Å²) in [6.45, 7) is 8.46. The number of hydrogen-bond acceptors (Lipinski definition) is 1. The van der Waals surface area contributed by atoms with E-state index >= 15 is 0 Å².